The van der Waals surface area contributed by atoms with Gasteiger partial charge >= 0.3 is 18.3 Å². The minimum atomic E-state index is -4.75. The van der Waals surface area contributed by atoms with Gasteiger partial charge in [-0.2, -0.15) is 31.6 Å². The Kier molecular flexibility index (Phi) is 12.6. The molecule has 7 nitrogen and oxygen atoms in total. The second-order valence-corrected chi connectivity index (χ2v) is 12.1. The normalized spacial score (nSPS) is 11.6. The van der Waals surface area contributed by atoms with Gasteiger partial charge in [0.2, 0.25) is 0 Å². The SMILES string of the molecule is COc1ccc(C(C)C)cc1-c1ccc(C(F)(F)F)cc1CN(Cc1cc(C#N)cc(C(F)(F)F)c1)c1ccc(OCCCC(=O)OI)cn1. The van der Waals surface area contributed by atoms with E-state index in [9.17, 15) is 36.4 Å². The smallest absolute Gasteiger partial charge is 0.416 e. The molecule has 0 N–H and O–H groups in total. The Hall–Kier alpha value is -4.52. The van der Waals surface area contributed by atoms with Gasteiger partial charge in [0.15, 0.2) is 23.0 Å². The van der Waals surface area contributed by atoms with E-state index < -0.39 is 29.4 Å². The number of halogens is 7. The molecule has 0 saturated heterocycles. The van der Waals surface area contributed by atoms with Crippen molar-refractivity contribution < 1.29 is 43.7 Å². The summed E-state index contributed by atoms with van der Waals surface area (Å²) >= 11 is 1.49. The Morgan fingerprint density at radius 2 is 1.66 bits per heavy atom. The molecule has 0 fully saturated rings. The predicted octanol–water partition coefficient (Wildman–Crippen LogP) is 10.0. The summed E-state index contributed by atoms with van der Waals surface area (Å²) in [7, 11) is 1.45. The predicted molar refractivity (Wildman–Crippen MR) is 183 cm³/mol. The molecule has 0 radical (unpaired) electrons. The first-order chi connectivity index (χ1) is 23.6. The summed E-state index contributed by atoms with van der Waals surface area (Å²) in [5.41, 5.74) is -0.00324. The lowest BCUT2D eigenvalue weighted by molar-refractivity contribution is -0.138. The van der Waals surface area contributed by atoms with Crippen LogP contribution in [0.1, 0.15) is 66.0 Å². The maximum Gasteiger partial charge on any atom is 0.416 e. The van der Waals surface area contributed by atoms with Crippen LogP contribution in [0.4, 0.5) is 32.2 Å². The zero-order valence-corrected chi connectivity index (χ0v) is 29.3. The van der Waals surface area contributed by atoms with E-state index in [4.69, 9.17) is 9.47 Å². The highest BCUT2D eigenvalue weighted by Gasteiger charge is 2.33. The molecule has 0 unspecified atom stereocenters. The fourth-order valence-electron chi connectivity index (χ4n) is 5.20. The van der Waals surface area contributed by atoms with Crippen molar-refractivity contribution in [3.8, 4) is 28.7 Å². The van der Waals surface area contributed by atoms with Crippen molar-refractivity contribution in [3.63, 3.8) is 0 Å². The second kappa shape index (κ2) is 16.5. The summed E-state index contributed by atoms with van der Waals surface area (Å²) in [4.78, 5) is 17.3. The monoisotopic (exact) mass is 811 g/mol. The van der Waals surface area contributed by atoms with Crippen molar-refractivity contribution in [2.75, 3.05) is 18.6 Å². The molecule has 264 valence electrons. The number of anilines is 1. The summed E-state index contributed by atoms with van der Waals surface area (Å²) in [6.07, 6.45) is -7.56. The number of ether oxygens (including phenoxy) is 2. The Morgan fingerprint density at radius 3 is 2.26 bits per heavy atom. The van der Waals surface area contributed by atoms with Gasteiger partial charge < -0.3 is 17.4 Å². The number of pyridine rings is 1. The number of carbonyl (C=O) groups excluding carboxylic acids is 1. The lowest BCUT2D eigenvalue weighted by Crippen LogP contribution is -2.24. The molecular weight excluding hydrogens is 779 g/mol. The van der Waals surface area contributed by atoms with E-state index in [0.29, 0.717) is 29.0 Å². The number of hydrogen-bond donors (Lipinski definition) is 0. The number of nitrogens with zero attached hydrogens (tertiary/aromatic N) is 3. The van der Waals surface area contributed by atoms with Gasteiger partial charge in [0.25, 0.3) is 0 Å². The fourth-order valence-corrected chi connectivity index (χ4v) is 5.42. The molecule has 0 aliphatic rings. The van der Waals surface area contributed by atoms with Crippen LogP contribution in [-0.4, -0.2) is 24.7 Å². The van der Waals surface area contributed by atoms with Crippen LogP contribution in [0.15, 0.2) is 72.9 Å². The molecule has 0 spiro atoms. The maximum absolute atomic E-state index is 14.1. The molecule has 0 amide bonds. The van der Waals surface area contributed by atoms with Crippen LogP contribution < -0.4 is 14.4 Å². The van der Waals surface area contributed by atoms with Gasteiger partial charge in [-0.25, -0.2) is 4.98 Å². The summed E-state index contributed by atoms with van der Waals surface area (Å²) < 4.78 is 99.4. The van der Waals surface area contributed by atoms with E-state index >= 15 is 0 Å². The topological polar surface area (TPSA) is 84.7 Å². The number of methoxy groups -OCH3 is 1. The lowest BCUT2D eigenvalue weighted by Gasteiger charge is -2.27. The highest BCUT2D eigenvalue weighted by molar-refractivity contribution is 14.1. The zero-order chi connectivity index (χ0) is 36.6. The minimum Gasteiger partial charge on any atom is -0.496 e. The highest BCUT2D eigenvalue weighted by atomic mass is 127. The van der Waals surface area contributed by atoms with Gasteiger partial charge in [0, 0.05) is 25.1 Å². The maximum atomic E-state index is 14.1. The number of benzene rings is 3. The van der Waals surface area contributed by atoms with Crippen LogP contribution >= 0.6 is 23.0 Å². The van der Waals surface area contributed by atoms with Crippen molar-refractivity contribution in [2.24, 2.45) is 0 Å². The molecule has 0 atom stereocenters. The highest BCUT2D eigenvalue weighted by Crippen LogP contribution is 2.39. The summed E-state index contributed by atoms with van der Waals surface area (Å²) in [5.74, 6) is 0.652. The first-order valence-corrected chi connectivity index (χ1v) is 16.2. The second-order valence-electron chi connectivity index (χ2n) is 11.6. The Morgan fingerprint density at radius 1 is 0.920 bits per heavy atom. The quantitative estimate of drug-likeness (QED) is 0.0755. The Labute approximate surface area is 299 Å². The third-order valence-electron chi connectivity index (χ3n) is 7.72. The van der Waals surface area contributed by atoms with Crippen molar-refractivity contribution >= 4 is 34.8 Å². The Bertz CT molecular complexity index is 1840. The van der Waals surface area contributed by atoms with Gasteiger partial charge in [-0.05, 0) is 89.2 Å². The Balaban J connectivity index is 1.82. The fraction of sp³-hybridized carbons (Fsp3) is 0.306. The third-order valence-corrected chi connectivity index (χ3v) is 8.21. The molecule has 0 aliphatic carbocycles. The summed E-state index contributed by atoms with van der Waals surface area (Å²) in [6, 6.07) is 16.5. The van der Waals surface area contributed by atoms with Gasteiger partial charge in [0.05, 0.1) is 42.7 Å². The van der Waals surface area contributed by atoms with Crippen molar-refractivity contribution in [1.82, 2.24) is 4.98 Å². The van der Waals surface area contributed by atoms with E-state index in [1.165, 1.54) is 59.4 Å². The molecule has 0 bridgehead atoms. The van der Waals surface area contributed by atoms with Crippen LogP contribution in [0.25, 0.3) is 11.1 Å². The van der Waals surface area contributed by atoms with E-state index in [1.54, 1.807) is 18.2 Å². The summed E-state index contributed by atoms with van der Waals surface area (Å²) in [6.45, 7) is 3.65. The van der Waals surface area contributed by atoms with Gasteiger partial charge in [-0.15, -0.1) is 0 Å². The molecular formula is C36H32F6IN3O4. The molecule has 0 saturated carbocycles. The number of rotatable bonds is 13. The molecule has 14 heteroatoms. The number of nitriles is 1. The molecule has 0 aliphatic heterocycles. The van der Waals surface area contributed by atoms with Gasteiger partial charge in [0.1, 0.15) is 17.3 Å². The molecule has 3 aromatic carbocycles. The van der Waals surface area contributed by atoms with Crippen LogP contribution in [0.2, 0.25) is 0 Å². The largest absolute Gasteiger partial charge is 0.496 e. The molecule has 4 aromatic rings. The van der Waals surface area contributed by atoms with Crippen molar-refractivity contribution in [1.29, 1.82) is 5.26 Å². The standard InChI is InChI=1S/C36H32F6IN3O4/c1-22(2)25-6-10-32(48-3)31(17-25)30-9-7-27(35(37,38)39)16-26(30)21-46(20-24-13-23(18-44)14-28(15-24)36(40,41)42)33-11-8-29(19-45-33)49-12-4-5-34(47)50-43/h6-11,13-17,19,22H,4-5,12,20-21H2,1-3H3. The van der Waals surface area contributed by atoms with Crippen LogP contribution in [0, 0.1) is 11.3 Å². The van der Waals surface area contributed by atoms with E-state index in [0.717, 1.165) is 29.8 Å². The zero-order valence-electron chi connectivity index (χ0n) is 27.2. The van der Waals surface area contributed by atoms with E-state index in [-0.39, 0.29) is 54.5 Å². The molecule has 1 heterocycles. The van der Waals surface area contributed by atoms with Gasteiger partial charge in [-0.3, -0.25) is 4.79 Å². The van der Waals surface area contributed by atoms with Crippen LogP contribution in [-0.2, 0) is 33.3 Å². The van der Waals surface area contributed by atoms with E-state index in [1.807, 2.05) is 26.0 Å². The third kappa shape index (κ3) is 10.0. The average Bonchev–Trinajstić information content (AvgIpc) is 3.08. The number of hydrogen-bond acceptors (Lipinski definition) is 7. The van der Waals surface area contributed by atoms with E-state index in [2.05, 4.69) is 8.05 Å². The van der Waals surface area contributed by atoms with Gasteiger partial charge in [-0.1, -0.05) is 26.0 Å². The van der Waals surface area contributed by atoms with Crippen LogP contribution in [0.3, 0.4) is 0 Å². The first kappa shape index (κ1) is 38.3. The molecule has 4 rings (SSSR count). The van der Waals surface area contributed by atoms with Crippen molar-refractivity contribution in [3.05, 3.63) is 106 Å². The minimum absolute atomic E-state index is 0.0913. The number of alkyl halides is 6. The lowest BCUT2D eigenvalue weighted by atomic mass is 9.92. The molecule has 50 heavy (non-hydrogen) atoms. The number of carbonyl (C=O) groups is 1. The number of aromatic nitrogens is 1. The average molecular weight is 812 g/mol. The van der Waals surface area contributed by atoms with Crippen molar-refractivity contribution in [2.45, 2.75) is 58.0 Å². The van der Waals surface area contributed by atoms with Crippen LogP contribution in [0.5, 0.6) is 11.5 Å². The first-order valence-electron chi connectivity index (χ1n) is 15.3. The molecule has 1 aromatic heterocycles. The summed E-state index contributed by atoms with van der Waals surface area (Å²) in [5, 5.41) is 9.48.